The number of carbonyl (C=O) groups is 1. The van der Waals surface area contributed by atoms with Crippen molar-refractivity contribution in [3.63, 3.8) is 0 Å². The fraction of sp³-hybridized carbons (Fsp3) is 0.650. The molecule has 5 rings (SSSR count). The van der Waals surface area contributed by atoms with Crippen LogP contribution in [-0.4, -0.2) is 31.3 Å². The minimum atomic E-state index is -4.36. The molecule has 0 radical (unpaired) electrons. The van der Waals surface area contributed by atoms with E-state index >= 15 is 0 Å². The molecule has 0 atom stereocenters. The molecule has 0 spiro atoms. The van der Waals surface area contributed by atoms with Crippen molar-refractivity contribution in [2.45, 2.75) is 74.8 Å². The number of rotatable bonds is 6. The number of hydrogen-bond acceptors (Lipinski definition) is 3. The second-order valence-corrected chi connectivity index (χ2v) is 11.2. The summed E-state index contributed by atoms with van der Waals surface area (Å²) in [5.41, 5.74) is -3.79. The quantitative estimate of drug-likeness (QED) is 0.597. The van der Waals surface area contributed by atoms with Crippen LogP contribution in [0, 0.1) is 5.41 Å². The van der Waals surface area contributed by atoms with Gasteiger partial charge < -0.3 is 5.32 Å². The van der Waals surface area contributed by atoms with E-state index in [1.165, 1.54) is 0 Å². The summed E-state index contributed by atoms with van der Waals surface area (Å²) < 4.78 is 94.5. The molecule has 5 nitrogen and oxygen atoms in total. The third kappa shape index (κ3) is 3.78. The Bertz CT molecular complexity index is 991. The summed E-state index contributed by atoms with van der Waals surface area (Å²) in [5, 5.41) is 1.89. The second kappa shape index (κ2) is 6.79. The molecule has 2 N–H and O–H groups in total. The van der Waals surface area contributed by atoms with E-state index in [1.54, 1.807) is 0 Å². The summed E-state index contributed by atoms with van der Waals surface area (Å²) in [5.74, 6) is -4.15. The van der Waals surface area contributed by atoms with E-state index in [2.05, 4.69) is 10.0 Å². The van der Waals surface area contributed by atoms with Crippen molar-refractivity contribution in [3.05, 3.63) is 29.3 Å². The van der Waals surface area contributed by atoms with Gasteiger partial charge in [0.2, 0.25) is 10.0 Å². The van der Waals surface area contributed by atoms with E-state index < -0.39 is 49.8 Å². The highest BCUT2D eigenvalue weighted by Gasteiger charge is 2.79. The Kier molecular flexibility index (Phi) is 4.88. The Morgan fingerprint density at radius 2 is 1.65 bits per heavy atom. The van der Waals surface area contributed by atoms with E-state index in [9.17, 15) is 35.2 Å². The first-order valence-electron chi connectivity index (χ1n) is 10.1. The van der Waals surface area contributed by atoms with Gasteiger partial charge in [0.1, 0.15) is 0 Å². The number of nitrogens with one attached hydrogen (secondary N) is 2. The minimum Gasteiger partial charge on any atom is -0.346 e. The number of anilines is 1. The van der Waals surface area contributed by atoms with Gasteiger partial charge in [-0.3, -0.25) is 9.52 Å². The Morgan fingerprint density at radius 1 is 1.06 bits per heavy atom. The number of hydrogen-bond donors (Lipinski definition) is 2. The van der Waals surface area contributed by atoms with Gasteiger partial charge in [-0.1, -0.05) is 18.9 Å². The fourth-order valence-electron chi connectivity index (χ4n) is 5.06. The lowest BCUT2D eigenvalue weighted by Crippen LogP contribution is -2.78. The second-order valence-electron chi connectivity index (χ2n) is 9.25. The van der Waals surface area contributed by atoms with Gasteiger partial charge in [-0.15, -0.1) is 0 Å². The first-order chi connectivity index (χ1) is 14.2. The first kappa shape index (κ1) is 22.3. The maximum atomic E-state index is 13.8. The van der Waals surface area contributed by atoms with Crippen LogP contribution in [0.1, 0.15) is 67.8 Å². The van der Waals surface area contributed by atoms with E-state index in [1.807, 2.05) is 0 Å². The number of sulfonamides is 1. The summed E-state index contributed by atoms with van der Waals surface area (Å²) in [6.45, 7) is 0.640. The number of amides is 1. The third-order valence-electron chi connectivity index (χ3n) is 6.77. The highest BCUT2D eigenvalue weighted by Crippen LogP contribution is 2.73. The molecule has 0 heterocycles. The molecule has 172 valence electrons. The van der Waals surface area contributed by atoms with E-state index in [-0.39, 0.29) is 30.5 Å². The summed E-state index contributed by atoms with van der Waals surface area (Å²) in [6.07, 6.45) is -2.71. The van der Waals surface area contributed by atoms with Gasteiger partial charge in [-0.25, -0.2) is 17.2 Å². The normalized spacial score (nSPS) is 28.6. The van der Waals surface area contributed by atoms with Gasteiger partial charge in [0.15, 0.2) is 0 Å². The van der Waals surface area contributed by atoms with Crippen LogP contribution in [-0.2, 0) is 15.9 Å². The van der Waals surface area contributed by atoms with Crippen LogP contribution in [0.25, 0.3) is 0 Å². The van der Waals surface area contributed by atoms with Crippen molar-refractivity contribution in [2.75, 3.05) is 4.72 Å². The van der Waals surface area contributed by atoms with Crippen molar-refractivity contribution in [3.8, 4) is 0 Å². The van der Waals surface area contributed by atoms with Gasteiger partial charge >= 0.3 is 6.18 Å². The standard InChI is InChI=1S/C20H23F5N2O3S/c1-17(21,22)12-6-7-15(27-31(29,30)13-4-2-3-5-13)14(8-12)16(28)26-19-9-18(10-19,11-19)20(23,24)25/h6-8,13,27H,2-5,9-11H2,1H3,(H,26,28). The van der Waals surface area contributed by atoms with Gasteiger partial charge in [0, 0.05) is 18.0 Å². The summed E-state index contributed by atoms with van der Waals surface area (Å²) in [7, 11) is -3.84. The maximum absolute atomic E-state index is 13.8. The monoisotopic (exact) mass is 466 g/mol. The smallest absolute Gasteiger partial charge is 0.346 e. The lowest BCUT2D eigenvalue weighted by atomic mass is 9.39. The lowest BCUT2D eigenvalue weighted by Gasteiger charge is -2.70. The van der Waals surface area contributed by atoms with Gasteiger partial charge in [-0.2, -0.15) is 13.2 Å². The van der Waals surface area contributed by atoms with Gasteiger partial charge in [-0.05, 0) is 44.2 Å². The average Bonchev–Trinajstić information content (AvgIpc) is 3.09. The van der Waals surface area contributed by atoms with Crippen LogP contribution < -0.4 is 10.0 Å². The zero-order valence-corrected chi connectivity index (χ0v) is 17.6. The van der Waals surface area contributed by atoms with Crippen molar-refractivity contribution >= 4 is 21.6 Å². The van der Waals surface area contributed by atoms with Gasteiger partial charge in [0.05, 0.1) is 21.9 Å². The molecule has 0 unspecified atom stereocenters. The lowest BCUT2D eigenvalue weighted by molar-refractivity contribution is -0.336. The van der Waals surface area contributed by atoms with Crippen LogP contribution >= 0.6 is 0 Å². The molecule has 4 saturated carbocycles. The van der Waals surface area contributed by atoms with E-state index in [0.29, 0.717) is 19.8 Å². The molecule has 4 aliphatic carbocycles. The molecule has 0 aliphatic heterocycles. The molecule has 4 aliphatic rings. The van der Waals surface area contributed by atoms with Gasteiger partial charge in [0.25, 0.3) is 11.8 Å². The summed E-state index contributed by atoms with van der Waals surface area (Å²) in [6, 6.07) is 3.03. The highest BCUT2D eigenvalue weighted by atomic mass is 32.2. The molecule has 2 bridgehead atoms. The largest absolute Gasteiger partial charge is 0.394 e. The van der Waals surface area contributed by atoms with Crippen LogP contribution in [0.3, 0.4) is 0 Å². The third-order valence-corrected chi connectivity index (χ3v) is 8.63. The highest BCUT2D eigenvalue weighted by molar-refractivity contribution is 7.93. The molecule has 0 aromatic heterocycles. The zero-order valence-electron chi connectivity index (χ0n) is 16.8. The molecular weight excluding hydrogens is 443 g/mol. The zero-order chi connectivity index (χ0) is 22.9. The molecule has 31 heavy (non-hydrogen) atoms. The van der Waals surface area contributed by atoms with Crippen LogP contribution in [0.2, 0.25) is 0 Å². The predicted molar refractivity (Wildman–Crippen MR) is 103 cm³/mol. The SMILES string of the molecule is CC(F)(F)c1ccc(NS(=O)(=O)C2CCCC2)c(C(=O)NC23CC(C(F)(F)F)(C2)C3)c1. The Balaban J connectivity index is 1.58. The topological polar surface area (TPSA) is 75.3 Å². The molecule has 1 aromatic rings. The van der Waals surface area contributed by atoms with E-state index in [4.69, 9.17) is 0 Å². The first-order valence-corrected chi connectivity index (χ1v) is 11.6. The Labute approximate surface area is 176 Å². The van der Waals surface area contributed by atoms with Crippen molar-refractivity contribution in [1.82, 2.24) is 5.32 Å². The van der Waals surface area contributed by atoms with Crippen molar-refractivity contribution in [1.29, 1.82) is 0 Å². The van der Waals surface area contributed by atoms with Crippen molar-refractivity contribution < 1.29 is 35.2 Å². The number of benzene rings is 1. The summed E-state index contributed by atoms with van der Waals surface area (Å²) >= 11 is 0. The van der Waals surface area contributed by atoms with Crippen LogP contribution in [0.5, 0.6) is 0 Å². The number of halogens is 5. The van der Waals surface area contributed by atoms with E-state index in [0.717, 1.165) is 31.0 Å². The number of carbonyl (C=O) groups excluding carboxylic acids is 1. The maximum Gasteiger partial charge on any atom is 0.394 e. The number of alkyl halides is 5. The average molecular weight is 466 g/mol. The fourth-order valence-corrected chi connectivity index (χ4v) is 6.66. The van der Waals surface area contributed by atoms with Crippen LogP contribution in [0.4, 0.5) is 27.6 Å². The molecule has 11 heteroatoms. The molecule has 0 saturated heterocycles. The molecule has 1 amide bonds. The minimum absolute atomic E-state index is 0.158. The van der Waals surface area contributed by atoms with Crippen molar-refractivity contribution in [2.24, 2.45) is 5.41 Å². The molecule has 1 aromatic carbocycles. The Morgan fingerprint density at radius 3 is 2.16 bits per heavy atom. The Hall–Kier alpha value is -1.91. The molecule has 4 fully saturated rings. The molecular formula is C20H23F5N2O3S. The summed E-state index contributed by atoms with van der Waals surface area (Å²) in [4.78, 5) is 12.9. The van der Waals surface area contributed by atoms with Crippen LogP contribution in [0.15, 0.2) is 18.2 Å². The predicted octanol–water partition coefficient (Wildman–Crippen LogP) is 4.70.